The number of β-lactam (4-membered cyclic amide) rings is 1. The number of rotatable bonds is 3. The molecule has 2 fully saturated rings. The van der Waals surface area contributed by atoms with Gasteiger partial charge in [-0.15, -0.1) is 0 Å². The number of fused-ring (bicyclic) bond motifs is 1. The molecule has 0 aromatic heterocycles. The van der Waals surface area contributed by atoms with Crippen molar-refractivity contribution in [3.8, 4) is 0 Å². The topological polar surface area (TPSA) is 72.9 Å². The first-order chi connectivity index (χ1) is 8.54. The molecule has 4 unspecified atom stereocenters. The van der Waals surface area contributed by atoms with Crippen molar-refractivity contribution in [2.24, 2.45) is 11.8 Å². The van der Waals surface area contributed by atoms with Gasteiger partial charge in [-0.05, 0) is 20.8 Å². The number of carbonyl (C=O) groups excluding carboxylic acids is 1. The van der Waals surface area contributed by atoms with Crippen LogP contribution in [-0.4, -0.2) is 50.0 Å². The standard InChI is InChI=1S/C12H21NO5S/c1-7-6-17-12(3,4)13-10(7)9(11(13)14)8(2)18-19(5,15)16/h7-10H,6H2,1-5H3. The van der Waals surface area contributed by atoms with Gasteiger partial charge in [0.15, 0.2) is 0 Å². The third-order valence-electron chi connectivity index (χ3n) is 3.88. The van der Waals surface area contributed by atoms with Crippen molar-refractivity contribution in [2.45, 2.75) is 45.6 Å². The molecule has 1 amide bonds. The molecule has 19 heavy (non-hydrogen) atoms. The van der Waals surface area contributed by atoms with Gasteiger partial charge in [-0.2, -0.15) is 8.42 Å². The normalized spacial score (nSPS) is 35.5. The SMILES string of the molecule is CC1COC(C)(C)N2C(=O)C(C(C)OS(C)(=O)=O)C12. The fourth-order valence-corrected chi connectivity index (χ4v) is 3.75. The van der Waals surface area contributed by atoms with Crippen LogP contribution in [0.5, 0.6) is 0 Å². The van der Waals surface area contributed by atoms with Crippen molar-refractivity contribution in [1.82, 2.24) is 4.90 Å². The minimum Gasteiger partial charge on any atom is -0.356 e. The molecule has 2 saturated heterocycles. The molecular formula is C12H21NO5S. The van der Waals surface area contributed by atoms with Gasteiger partial charge in [0.2, 0.25) is 5.91 Å². The van der Waals surface area contributed by atoms with Gasteiger partial charge in [-0.25, -0.2) is 0 Å². The van der Waals surface area contributed by atoms with E-state index in [1.54, 1.807) is 11.8 Å². The zero-order chi connectivity index (χ0) is 14.6. The molecule has 110 valence electrons. The second-order valence-electron chi connectivity index (χ2n) is 5.97. The highest BCUT2D eigenvalue weighted by molar-refractivity contribution is 7.86. The summed E-state index contributed by atoms with van der Waals surface area (Å²) in [6, 6.07) is -0.0204. The number of hydrogen-bond donors (Lipinski definition) is 0. The van der Waals surface area contributed by atoms with E-state index in [1.807, 2.05) is 20.8 Å². The van der Waals surface area contributed by atoms with Crippen LogP contribution in [0.3, 0.4) is 0 Å². The van der Waals surface area contributed by atoms with E-state index < -0.39 is 27.9 Å². The summed E-state index contributed by atoms with van der Waals surface area (Å²) in [5.41, 5.74) is -0.629. The lowest BCUT2D eigenvalue weighted by Gasteiger charge is -2.60. The Balaban J connectivity index is 2.19. The van der Waals surface area contributed by atoms with Crippen molar-refractivity contribution in [1.29, 1.82) is 0 Å². The predicted octanol–water partition coefficient (Wildman–Crippen LogP) is 0.581. The summed E-state index contributed by atoms with van der Waals surface area (Å²) in [6.07, 6.45) is 0.363. The van der Waals surface area contributed by atoms with E-state index in [0.29, 0.717) is 6.61 Å². The van der Waals surface area contributed by atoms with Crippen molar-refractivity contribution >= 4 is 16.0 Å². The van der Waals surface area contributed by atoms with Crippen LogP contribution in [0.15, 0.2) is 0 Å². The third-order valence-corrected chi connectivity index (χ3v) is 4.54. The van der Waals surface area contributed by atoms with Crippen molar-refractivity contribution < 1.29 is 22.1 Å². The maximum atomic E-state index is 12.3. The van der Waals surface area contributed by atoms with Crippen molar-refractivity contribution in [2.75, 3.05) is 12.9 Å². The third kappa shape index (κ3) is 2.51. The zero-order valence-electron chi connectivity index (χ0n) is 11.9. The first-order valence-corrected chi connectivity index (χ1v) is 8.21. The Morgan fingerprint density at radius 3 is 2.58 bits per heavy atom. The Bertz CT molecular complexity index is 486. The summed E-state index contributed by atoms with van der Waals surface area (Å²) in [4.78, 5) is 14.0. The average molecular weight is 291 g/mol. The van der Waals surface area contributed by atoms with Crippen LogP contribution < -0.4 is 0 Å². The molecular weight excluding hydrogens is 270 g/mol. The molecule has 0 aliphatic carbocycles. The molecule has 6 nitrogen and oxygen atoms in total. The van der Waals surface area contributed by atoms with E-state index in [9.17, 15) is 13.2 Å². The predicted molar refractivity (Wildman–Crippen MR) is 68.7 cm³/mol. The van der Waals surface area contributed by atoms with E-state index in [2.05, 4.69) is 0 Å². The maximum Gasteiger partial charge on any atom is 0.264 e. The smallest absolute Gasteiger partial charge is 0.264 e. The molecule has 0 aromatic rings. The van der Waals surface area contributed by atoms with Crippen LogP contribution in [0.25, 0.3) is 0 Å². The molecule has 0 saturated carbocycles. The lowest BCUT2D eigenvalue weighted by molar-refractivity contribution is -0.253. The molecule has 0 bridgehead atoms. The van der Waals surface area contributed by atoms with Gasteiger partial charge in [0.1, 0.15) is 5.72 Å². The Morgan fingerprint density at radius 2 is 2.05 bits per heavy atom. The minimum atomic E-state index is -3.55. The Kier molecular flexibility index (Phi) is 3.43. The summed E-state index contributed by atoms with van der Waals surface area (Å²) in [5.74, 6) is -0.341. The first-order valence-electron chi connectivity index (χ1n) is 6.40. The van der Waals surface area contributed by atoms with Gasteiger partial charge in [0, 0.05) is 5.92 Å². The molecule has 0 N–H and O–H groups in total. The maximum absolute atomic E-state index is 12.3. The minimum absolute atomic E-state index is 0.0204. The van der Waals surface area contributed by atoms with E-state index in [-0.39, 0.29) is 17.9 Å². The van der Waals surface area contributed by atoms with Gasteiger partial charge in [-0.3, -0.25) is 8.98 Å². The van der Waals surface area contributed by atoms with E-state index in [1.165, 1.54) is 0 Å². The van der Waals surface area contributed by atoms with Crippen LogP contribution in [0.2, 0.25) is 0 Å². The van der Waals surface area contributed by atoms with Gasteiger partial charge in [0.25, 0.3) is 10.1 Å². The lowest BCUT2D eigenvalue weighted by Crippen LogP contribution is -2.75. The molecule has 0 radical (unpaired) electrons. The lowest BCUT2D eigenvalue weighted by atomic mass is 9.74. The molecule has 4 atom stereocenters. The summed E-state index contributed by atoms with van der Waals surface area (Å²) in [6.45, 7) is 7.89. The fourth-order valence-electron chi connectivity index (χ4n) is 3.08. The van der Waals surface area contributed by atoms with Crippen LogP contribution in [0, 0.1) is 11.8 Å². The highest BCUT2D eigenvalue weighted by Gasteiger charge is 2.60. The molecule has 0 aromatic carbocycles. The van der Waals surface area contributed by atoms with E-state index in [0.717, 1.165) is 6.26 Å². The average Bonchev–Trinajstić information content (AvgIpc) is 2.18. The quantitative estimate of drug-likeness (QED) is 0.562. The van der Waals surface area contributed by atoms with Crippen LogP contribution in [0.1, 0.15) is 27.7 Å². The molecule has 2 heterocycles. The molecule has 2 aliphatic rings. The molecule has 7 heteroatoms. The molecule has 0 spiro atoms. The van der Waals surface area contributed by atoms with Crippen LogP contribution in [0.4, 0.5) is 0 Å². The Morgan fingerprint density at radius 1 is 1.47 bits per heavy atom. The van der Waals surface area contributed by atoms with Crippen molar-refractivity contribution in [3.05, 3.63) is 0 Å². The highest BCUT2D eigenvalue weighted by Crippen LogP contribution is 2.44. The van der Waals surface area contributed by atoms with E-state index in [4.69, 9.17) is 8.92 Å². The van der Waals surface area contributed by atoms with Crippen molar-refractivity contribution in [3.63, 3.8) is 0 Å². The Labute approximate surface area is 114 Å². The van der Waals surface area contributed by atoms with Gasteiger partial charge in [-0.1, -0.05) is 6.92 Å². The summed E-state index contributed by atoms with van der Waals surface area (Å²) in [7, 11) is -3.55. The fraction of sp³-hybridized carbons (Fsp3) is 0.917. The van der Waals surface area contributed by atoms with E-state index >= 15 is 0 Å². The Hall–Kier alpha value is -0.660. The number of amides is 1. The van der Waals surface area contributed by atoms with Gasteiger partial charge >= 0.3 is 0 Å². The summed E-state index contributed by atoms with van der Waals surface area (Å²) in [5, 5.41) is 0. The monoisotopic (exact) mass is 291 g/mol. The number of carbonyl (C=O) groups is 1. The molecule has 2 aliphatic heterocycles. The largest absolute Gasteiger partial charge is 0.356 e. The van der Waals surface area contributed by atoms with Gasteiger partial charge in [0.05, 0.1) is 30.9 Å². The highest BCUT2D eigenvalue weighted by atomic mass is 32.2. The first kappa shape index (κ1) is 14.7. The molecule has 2 rings (SSSR count). The summed E-state index contributed by atoms with van der Waals surface area (Å²) >= 11 is 0. The van der Waals surface area contributed by atoms with Crippen LogP contribution >= 0.6 is 0 Å². The second kappa shape index (κ2) is 4.43. The van der Waals surface area contributed by atoms with Gasteiger partial charge < -0.3 is 9.64 Å². The zero-order valence-corrected chi connectivity index (χ0v) is 12.7. The number of ether oxygens (including phenoxy) is 1. The number of hydrogen-bond acceptors (Lipinski definition) is 5. The van der Waals surface area contributed by atoms with Crippen LogP contribution in [-0.2, 0) is 23.8 Å². The summed E-state index contributed by atoms with van der Waals surface area (Å²) < 4.78 is 33.0. The number of nitrogens with zero attached hydrogens (tertiary/aromatic N) is 1. The second-order valence-corrected chi connectivity index (χ2v) is 7.57.